The minimum Gasteiger partial charge on any atom is -0.378 e. The Balaban J connectivity index is 1.61. The molecule has 34 heavy (non-hydrogen) atoms. The highest BCUT2D eigenvalue weighted by Gasteiger charge is 2.34. The van der Waals surface area contributed by atoms with Crippen molar-refractivity contribution in [2.45, 2.75) is 11.8 Å². The van der Waals surface area contributed by atoms with Gasteiger partial charge in [0.15, 0.2) is 10.9 Å². The van der Waals surface area contributed by atoms with Gasteiger partial charge in [0.25, 0.3) is 11.8 Å². The molecule has 1 fully saturated rings. The van der Waals surface area contributed by atoms with E-state index < -0.39 is 21.9 Å². The fraction of sp³-hybridized carbons (Fsp3) is 0.0417. The summed E-state index contributed by atoms with van der Waals surface area (Å²) in [6.45, 7) is 1.85. The van der Waals surface area contributed by atoms with Crippen LogP contribution in [0.5, 0.6) is 5.75 Å². The normalized spacial score (nSPS) is 15.4. The molecule has 0 bridgehead atoms. The van der Waals surface area contributed by atoms with Gasteiger partial charge in [0.2, 0.25) is 0 Å². The van der Waals surface area contributed by atoms with Crippen LogP contribution in [0.4, 0.5) is 5.69 Å². The van der Waals surface area contributed by atoms with E-state index in [1.165, 1.54) is 35.2 Å². The molecule has 1 aliphatic heterocycles. The van der Waals surface area contributed by atoms with Crippen LogP contribution in [0.15, 0.2) is 87.7 Å². The number of halogens is 1. The van der Waals surface area contributed by atoms with Crippen LogP contribution < -0.4 is 14.4 Å². The number of thiocarbonyl (C=S) groups is 1. The van der Waals surface area contributed by atoms with Crippen LogP contribution in [0, 0.1) is 6.92 Å². The number of carbonyl (C=O) groups excluding carboxylic acids is 2. The second kappa shape index (κ2) is 9.49. The Hall–Kier alpha value is -3.34. The zero-order valence-corrected chi connectivity index (χ0v) is 20.9. The smallest absolute Gasteiger partial charge is 0.339 e. The molecule has 0 spiro atoms. The van der Waals surface area contributed by atoms with E-state index in [1.54, 1.807) is 48.5 Å². The van der Waals surface area contributed by atoms with Gasteiger partial charge in [-0.3, -0.25) is 19.8 Å². The first-order valence-corrected chi connectivity index (χ1v) is 12.5. The lowest BCUT2D eigenvalue weighted by atomic mass is 10.1. The summed E-state index contributed by atoms with van der Waals surface area (Å²) in [6.07, 6.45) is 1.40. The number of anilines is 1. The topological polar surface area (TPSA) is 92.8 Å². The molecular formula is C24H17BrN2O5S2. The van der Waals surface area contributed by atoms with E-state index in [1.807, 2.05) is 6.92 Å². The van der Waals surface area contributed by atoms with Crippen LogP contribution >= 0.6 is 28.1 Å². The van der Waals surface area contributed by atoms with Gasteiger partial charge in [0.05, 0.1) is 10.2 Å². The summed E-state index contributed by atoms with van der Waals surface area (Å²) in [5, 5.41) is 2.51. The summed E-state index contributed by atoms with van der Waals surface area (Å²) in [5.74, 6) is -1.13. The third-order valence-corrected chi connectivity index (χ3v) is 7.04. The van der Waals surface area contributed by atoms with Gasteiger partial charge in [0, 0.05) is 0 Å². The summed E-state index contributed by atoms with van der Waals surface area (Å²) >= 11 is 8.48. The first-order chi connectivity index (χ1) is 16.2. The standard InChI is InChI=1S/C24H17BrN2O5S2/c1-15-7-10-18(11-8-15)34(30,31)32-21-12-9-16(14-20(21)25)13-19-22(28)26-24(33)27(23(19)29)17-5-3-2-4-6-17/h2-14H,1H3,(H,26,28,33)/b19-13-. The minimum absolute atomic E-state index is 0.00964. The zero-order chi connectivity index (χ0) is 24.5. The maximum absolute atomic E-state index is 13.1. The maximum Gasteiger partial charge on any atom is 0.339 e. The molecule has 172 valence electrons. The van der Waals surface area contributed by atoms with Crippen LogP contribution in [0.3, 0.4) is 0 Å². The molecular weight excluding hydrogens is 540 g/mol. The molecule has 0 aromatic heterocycles. The molecule has 0 radical (unpaired) electrons. The van der Waals surface area contributed by atoms with E-state index in [9.17, 15) is 18.0 Å². The number of carbonyl (C=O) groups is 2. The predicted molar refractivity (Wildman–Crippen MR) is 136 cm³/mol. The molecule has 0 unspecified atom stereocenters. The number of benzene rings is 3. The van der Waals surface area contributed by atoms with Crippen LogP contribution in [0.25, 0.3) is 6.08 Å². The summed E-state index contributed by atoms with van der Waals surface area (Å²) in [4.78, 5) is 26.8. The Morgan fingerprint density at radius 3 is 2.32 bits per heavy atom. The maximum atomic E-state index is 13.1. The number of hydrogen-bond acceptors (Lipinski definition) is 6. The van der Waals surface area contributed by atoms with Gasteiger partial charge in [0.1, 0.15) is 10.5 Å². The summed E-state index contributed by atoms with van der Waals surface area (Å²) in [7, 11) is -4.04. The van der Waals surface area contributed by atoms with Crippen molar-refractivity contribution in [3.05, 3.63) is 94.0 Å². The summed E-state index contributed by atoms with van der Waals surface area (Å²) in [6, 6.07) is 19.5. The van der Waals surface area contributed by atoms with E-state index in [-0.39, 0.29) is 21.3 Å². The Bertz CT molecular complexity index is 1440. The number of para-hydroxylation sites is 1. The second-order valence-corrected chi connectivity index (χ2v) is 10.1. The molecule has 3 aromatic rings. The van der Waals surface area contributed by atoms with Gasteiger partial charge < -0.3 is 4.18 Å². The lowest BCUT2D eigenvalue weighted by molar-refractivity contribution is -0.122. The Labute approximate surface area is 210 Å². The van der Waals surface area contributed by atoms with Gasteiger partial charge in [-0.25, -0.2) is 0 Å². The van der Waals surface area contributed by atoms with E-state index >= 15 is 0 Å². The van der Waals surface area contributed by atoms with E-state index in [4.69, 9.17) is 16.4 Å². The van der Waals surface area contributed by atoms with Crippen molar-refractivity contribution in [2.75, 3.05) is 4.90 Å². The highest BCUT2D eigenvalue weighted by Crippen LogP contribution is 2.30. The molecule has 1 aliphatic rings. The van der Waals surface area contributed by atoms with Crippen molar-refractivity contribution in [3.63, 3.8) is 0 Å². The lowest BCUT2D eigenvalue weighted by Crippen LogP contribution is -2.54. The molecule has 7 nitrogen and oxygen atoms in total. The number of hydrogen-bond donors (Lipinski definition) is 1. The number of aryl methyl sites for hydroxylation is 1. The molecule has 2 amide bonds. The van der Waals surface area contributed by atoms with Crippen molar-refractivity contribution in [3.8, 4) is 5.75 Å². The SMILES string of the molecule is Cc1ccc(S(=O)(=O)Oc2ccc(/C=C3/C(=O)NC(=S)N(c4ccccc4)C3=O)cc2Br)cc1. The van der Waals surface area contributed by atoms with E-state index in [2.05, 4.69) is 21.2 Å². The second-order valence-electron chi connectivity index (χ2n) is 7.33. The lowest BCUT2D eigenvalue weighted by Gasteiger charge is -2.28. The fourth-order valence-electron chi connectivity index (χ4n) is 3.18. The monoisotopic (exact) mass is 556 g/mol. The molecule has 1 N–H and O–H groups in total. The van der Waals surface area contributed by atoms with Crippen molar-refractivity contribution in [2.24, 2.45) is 0 Å². The van der Waals surface area contributed by atoms with Gasteiger partial charge in [-0.2, -0.15) is 8.42 Å². The fourth-order valence-corrected chi connectivity index (χ4v) is 4.99. The number of nitrogens with one attached hydrogen (secondary N) is 1. The molecule has 0 saturated carbocycles. The average molecular weight is 557 g/mol. The van der Waals surface area contributed by atoms with Gasteiger partial charge >= 0.3 is 10.1 Å². The highest BCUT2D eigenvalue weighted by atomic mass is 79.9. The van der Waals surface area contributed by atoms with Crippen LogP contribution in [0.1, 0.15) is 11.1 Å². The molecule has 4 rings (SSSR count). The third-order valence-electron chi connectivity index (χ3n) is 4.89. The Kier molecular flexibility index (Phi) is 6.65. The third kappa shape index (κ3) is 4.93. The molecule has 10 heteroatoms. The summed E-state index contributed by atoms with van der Waals surface area (Å²) in [5.41, 5.74) is 1.80. The molecule has 1 heterocycles. The quantitative estimate of drug-likeness (QED) is 0.217. The van der Waals surface area contributed by atoms with Crippen molar-refractivity contribution in [1.29, 1.82) is 0 Å². The summed E-state index contributed by atoms with van der Waals surface area (Å²) < 4.78 is 30.8. The van der Waals surface area contributed by atoms with Crippen molar-refractivity contribution in [1.82, 2.24) is 5.32 Å². The highest BCUT2D eigenvalue weighted by molar-refractivity contribution is 9.10. The van der Waals surface area contributed by atoms with Crippen LogP contribution in [-0.2, 0) is 19.7 Å². The van der Waals surface area contributed by atoms with Crippen molar-refractivity contribution >= 4 is 67.0 Å². The zero-order valence-electron chi connectivity index (χ0n) is 17.7. The minimum atomic E-state index is -4.04. The number of rotatable bonds is 5. The van der Waals surface area contributed by atoms with Crippen LogP contribution in [0.2, 0.25) is 0 Å². The van der Waals surface area contributed by atoms with Gasteiger partial charge in [-0.15, -0.1) is 0 Å². The predicted octanol–water partition coefficient (Wildman–Crippen LogP) is 4.36. The van der Waals surface area contributed by atoms with Gasteiger partial charge in [-0.1, -0.05) is 42.0 Å². The van der Waals surface area contributed by atoms with Gasteiger partial charge in [-0.05, 0) is 83.1 Å². The Morgan fingerprint density at radius 2 is 1.68 bits per heavy atom. The number of amides is 2. The molecule has 1 saturated heterocycles. The molecule has 0 aliphatic carbocycles. The van der Waals surface area contributed by atoms with E-state index in [0.717, 1.165) is 5.56 Å². The largest absolute Gasteiger partial charge is 0.378 e. The average Bonchev–Trinajstić information content (AvgIpc) is 2.79. The molecule has 3 aromatic carbocycles. The first-order valence-electron chi connectivity index (χ1n) is 9.93. The first kappa shape index (κ1) is 23.8. The van der Waals surface area contributed by atoms with Crippen LogP contribution in [-0.4, -0.2) is 25.3 Å². The molecule has 0 atom stereocenters. The Morgan fingerprint density at radius 1 is 1.00 bits per heavy atom. The van der Waals surface area contributed by atoms with Crippen molar-refractivity contribution < 1.29 is 22.2 Å². The van der Waals surface area contributed by atoms with E-state index in [0.29, 0.717) is 15.7 Å². The number of nitrogens with zero attached hydrogens (tertiary/aromatic N) is 1.